The number of nitrogens with one attached hydrogen (secondary N) is 1. The molecule has 0 bridgehead atoms. The Labute approximate surface area is 110 Å². The fourth-order valence-electron chi connectivity index (χ4n) is 1.74. The summed E-state index contributed by atoms with van der Waals surface area (Å²) in [4.78, 5) is 0. The van der Waals surface area contributed by atoms with Gasteiger partial charge in [-0.25, -0.2) is 4.39 Å². The molecule has 1 nitrogen and oxygen atoms in total. The first-order chi connectivity index (χ1) is 8.29. The molecule has 18 heavy (non-hydrogen) atoms. The summed E-state index contributed by atoms with van der Waals surface area (Å²) in [6, 6.07) is 5.28. The third kappa shape index (κ3) is 5.01. The maximum absolute atomic E-state index is 13.2. The number of halogens is 1. The van der Waals surface area contributed by atoms with E-state index in [2.05, 4.69) is 39.1 Å². The van der Waals surface area contributed by atoms with Gasteiger partial charge in [-0.3, -0.25) is 0 Å². The van der Waals surface area contributed by atoms with Gasteiger partial charge >= 0.3 is 0 Å². The molecule has 0 aromatic heterocycles. The normalized spacial score (nSPS) is 12.9. The molecule has 0 saturated carbocycles. The predicted molar refractivity (Wildman–Crippen MR) is 77.2 cm³/mol. The molecular formula is C16H24FN. The van der Waals surface area contributed by atoms with E-state index in [0.717, 1.165) is 18.5 Å². The van der Waals surface area contributed by atoms with Crippen molar-refractivity contribution in [3.8, 4) is 0 Å². The van der Waals surface area contributed by atoms with Crippen LogP contribution in [0.5, 0.6) is 0 Å². The molecule has 100 valence electrons. The first-order valence-corrected chi connectivity index (χ1v) is 6.48. The van der Waals surface area contributed by atoms with Gasteiger partial charge in [0, 0.05) is 5.54 Å². The van der Waals surface area contributed by atoms with Crippen LogP contribution in [0.25, 0.3) is 5.57 Å². The highest BCUT2D eigenvalue weighted by molar-refractivity contribution is 5.64. The van der Waals surface area contributed by atoms with Crippen LogP contribution in [0.15, 0.2) is 24.3 Å². The molecule has 1 aromatic carbocycles. The van der Waals surface area contributed by atoms with Gasteiger partial charge in [-0.15, -0.1) is 0 Å². The van der Waals surface area contributed by atoms with Gasteiger partial charge in [0.05, 0.1) is 0 Å². The molecule has 1 rings (SSSR count). The van der Waals surface area contributed by atoms with E-state index in [-0.39, 0.29) is 11.4 Å². The zero-order valence-electron chi connectivity index (χ0n) is 12.1. The summed E-state index contributed by atoms with van der Waals surface area (Å²) >= 11 is 0. The molecule has 0 fully saturated rings. The summed E-state index contributed by atoms with van der Waals surface area (Å²) < 4.78 is 13.2. The van der Waals surface area contributed by atoms with Crippen molar-refractivity contribution in [1.82, 2.24) is 5.32 Å². The molecule has 0 amide bonds. The number of benzene rings is 1. The second-order valence-corrected chi connectivity index (χ2v) is 5.82. The summed E-state index contributed by atoms with van der Waals surface area (Å²) in [5.74, 6) is -0.138. The number of allylic oxidation sites excluding steroid dienone is 1. The zero-order chi connectivity index (χ0) is 13.8. The SMILES string of the molecule is CC(=CCCNC(C)(C)C)c1ccc(F)c(C)c1. The molecule has 0 spiro atoms. The second kappa shape index (κ2) is 6.14. The molecule has 1 aromatic rings. The summed E-state index contributed by atoms with van der Waals surface area (Å²) in [5, 5.41) is 3.44. The molecule has 0 heterocycles. The standard InChI is InChI=1S/C16H24FN/c1-12(7-6-10-18-16(3,4)5)14-8-9-15(17)13(2)11-14/h7-9,11,18H,6,10H2,1-5H3. The van der Waals surface area contributed by atoms with E-state index in [0.29, 0.717) is 5.56 Å². The van der Waals surface area contributed by atoms with E-state index in [1.54, 1.807) is 6.92 Å². The van der Waals surface area contributed by atoms with Crippen LogP contribution in [0.2, 0.25) is 0 Å². The Morgan fingerprint density at radius 2 is 2.00 bits per heavy atom. The fraction of sp³-hybridized carbons (Fsp3) is 0.500. The highest BCUT2D eigenvalue weighted by Crippen LogP contribution is 2.17. The van der Waals surface area contributed by atoms with Crippen molar-refractivity contribution < 1.29 is 4.39 Å². The summed E-state index contributed by atoms with van der Waals surface area (Å²) in [6.07, 6.45) is 3.19. The number of hydrogen-bond donors (Lipinski definition) is 1. The van der Waals surface area contributed by atoms with Gasteiger partial charge in [-0.1, -0.05) is 12.1 Å². The van der Waals surface area contributed by atoms with Gasteiger partial charge in [0.1, 0.15) is 5.82 Å². The molecular weight excluding hydrogens is 225 g/mol. The Bertz CT molecular complexity index is 427. The highest BCUT2D eigenvalue weighted by Gasteiger charge is 2.06. The predicted octanol–water partition coefficient (Wildman–Crippen LogP) is 4.32. The van der Waals surface area contributed by atoms with Crippen molar-refractivity contribution in [2.45, 2.75) is 46.6 Å². The van der Waals surface area contributed by atoms with Crippen molar-refractivity contribution in [2.24, 2.45) is 0 Å². The second-order valence-electron chi connectivity index (χ2n) is 5.82. The van der Waals surface area contributed by atoms with Gasteiger partial charge in [0.25, 0.3) is 0 Å². The smallest absolute Gasteiger partial charge is 0.126 e. The average molecular weight is 249 g/mol. The number of hydrogen-bond acceptors (Lipinski definition) is 1. The molecule has 0 radical (unpaired) electrons. The van der Waals surface area contributed by atoms with E-state index in [4.69, 9.17) is 0 Å². The lowest BCUT2D eigenvalue weighted by atomic mass is 10.0. The van der Waals surface area contributed by atoms with E-state index in [1.165, 1.54) is 11.6 Å². The quantitative estimate of drug-likeness (QED) is 0.784. The first-order valence-electron chi connectivity index (χ1n) is 6.48. The van der Waals surface area contributed by atoms with Crippen LogP contribution in [0.1, 0.15) is 45.2 Å². The maximum Gasteiger partial charge on any atom is 0.126 e. The first kappa shape index (κ1) is 14.9. The fourth-order valence-corrected chi connectivity index (χ4v) is 1.74. The highest BCUT2D eigenvalue weighted by atomic mass is 19.1. The zero-order valence-corrected chi connectivity index (χ0v) is 12.1. The maximum atomic E-state index is 13.2. The van der Waals surface area contributed by atoms with Gasteiger partial charge in [0.2, 0.25) is 0 Å². The Morgan fingerprint density at radius 1 is 1.33 bits per heavy atom. The van der Waals surface area contributed by atoms with E-state index in [1.807, 2.05) is 12.1 Å². The van der Waals surface area contributed by atoms with Crippen LogP contribution in [0, 0.1) is 12.7 Å². The van der Waals surface area contributed by atoms with Crippen molar-refractivity contribution in [2.75, 3.05) is 6.54 Å². The Hall–Kier alpha value is -1.15. The van der Waals surface area contributed by atoms with Crippen molar-refractivity contribution in [1.29, 1.82) is 0 Å². The Morgan fingerprint density at radius 3 is 2.56 bits per heavy atom. The lowest BCUT2D eigenvalue weighted by Crippen LogP contribution is -2.36. The van der Waals surface area contributed by atoms with Crippen LogP contribution in [0.4, 0.5) is 4.39 Å². The monoisotopic (exact) mass is 249 g/mol. The Kier molecular flexibility index (Phi) is 5.09. The van der Waals surface area contributed by atoms with Crippen molar-refractivity contribution >= 4 is 5.57 Å². The van der Waals surface area contributed by atoms with Gasteiger partial charge < -0.3 is 5.32 Å². The molecule has 0 aliphatic rings. The third-order valence-corrected chi connectivity index (χ3v) is 2.86. The summed E-state index contributed by atoms with van der Waals surface area (Å²) in [6.45, 7) is 11.3. The molecule has 0 saturated heterocycles. The van der Waals surface area contributed by atoms with Crippen molar-refractivity contribution in [3.63, 3.8) is 0 Å². The minimum atomic E-state index is -0.138. The minimum Gasteiger partial charge on any atom is -0.312 e. The lowest BCUT2D eigenvalue weighted by Gasteiger charge is -2.19. The topological polar surface area (TPSA) is 12.0 Å². The largest absolute Gasteiger partial charge is 0.312 e. The van der Waals surface area contributed by atoms with Gasteiger partial charge in [0.15, 0.2) is 0 Å². The summed E-state index contributed by atoms with van der Waals surface area (Å²) in [7, 11) is 0. The average Bonchev–Trinajstić information content (AvgIpc) is 2.26. The number of rotatable bonds is 4. The van der Waals surface area contributed by atoms with E-state index in [9.17, 15) is 4.39 Å². The van der Waals surface area contributed by atoms with Crippen molar-refractivity contribution in [3.05, 3.63) is 41.2 Å². The van der Waals surface area contributed by atoms with Crippen LogP contribution in [-0.4, -0.2) is 12.1 Å². The molecule has 0 atom stereocenters. The van der Waals surface area contributed by atoms with Crippen LogP contribution in [0.3, 0.4) is 0 Å². The summed E-state index contributed by atoms with van der Waals surface area (Å²) in [5.41, 5.74) is 3.17. The minimum absolute atomic E-state index is 0.138. The van der Waals surface area contributed by atoms with Crippen LogP contribution in [-0.2, 0) is 0 Å². The molecule has 1 N–H and O–H groups in total. The van der Waals surface area contributed by atoms with E-state index < -0.39 is 0 Å². The lowest BCUT2D eigenvalue weighted by molar-refractivity contribution is 0.431. The molecule has 0 unspecified atom stereocenters. The number of aryl methyl sites for hydroxylation is 1. The van der Waals surface area contributed by atoms with Gasteiger partial charge in [-0.2, -0.15) is 0 Å². The van der Waals surface area contributed by atoms with Crippen LogP contribution < -0.4 is 5.32 Å². The molecule has 0 aliphatic carbocycles. The van der Waals surface area contributed by atoms with Gasteiger partial charge in [-0.05, 0) is 76.4 Å². The molecule has 0 aliphatic heterocycles. The Balaban J connectivity index is 2.58. The third-order valence-electron chi connectivity index (χ3n) is 2.86. The van der Waals surface area contributed by atoms with E-state index >= 15 is 0 Å². The molecule has 2 heteroatoms. The van der Waals surface area contributed by atoms with Crippen LogP contribution >= 0.6 is 0 Å².